The van der Waals surface area contributed by atoms with Crippen molar-refractivity contribution >= 4 is 29.2 Å². The van der Waals surface area contributed by atoms with Crippen LogP contribution >= 0.6 is 11.6 Å². The van der Waals surface area contributed by atoms with Crippen molar-refractivity contribution in [3.05, 3.63) is 28.8 Å². The third-order valence-corrected chi connectivity index (χ3v) is 3.75. The van der Waals surface area contributed by atoms with Gasteiger partial charge in [0.2, 0.25) is 0 Å². The Balaban J connectivity index is 2.08. The number of carbonyl (C=O) groups is 2. The minimum absolute atomic E-state index is 0.318. The van der Waals surface area contributed by atoms with Crippen LogP contribution in [0.25, 0.3) is 0 Å². The molecule has 19 heavy (non-hydrogen) atoms. The molecule has 2 atom stereocenters. The number of halogens is 1. The average Bonchev–Trinajstić information content (AvgIpc) is 2.80. The largest absolute Gasteiger partial charge is 0.481 e. The third-order valence-electron chi connectivity index (χ3n) is 3.41. The maximum absolute atomic E-state index is 12.0. The monoisotopic (exact) mass is 282 g/mol. The van der Waals surface area contributed by atoms with Crippen LogP contribution in [0.1, 0.15) is 29.6 Å². The second kappa shape index (κ2) is 5.48. The lowest BCUT2D eigenvalue weighted by molar-refractivity contribution is -0.142. The van der Waals surface area contributed by atoms with Crippen LogP contribution < -0.4 is 11.1 Å². The Hall–Kier alpha value is -1.75. The molecule has 102 valence electrons. The van der Waals surface area contributed by atoms with Crippen molar-refractivity contribution in [3.63, 3.8) is 0 Å². The number of hydrogen-bond donors (Lipinski definition) is 3. The van der Waals surface area contributed by atoms with E-state index in [2.05, 4.69) is 5.32 Å². The predicted molar refractivity (Wildman–Crippen MR) is 72.1 cm³/mol. The van der Waals surface area contributed by atoms with Crippen LogP contribution in [0.2, 0.25) is 5.02 Å². The van der Waals surface area contributed by atoms with Crippen molar-refractivity contribution in [2.75, 3.05) is 5.73 Å². The molecule has 1 aliphatic rings. The topological polar surface area (TPSA) is 92.4 Å². The molecule has 0 spiro atoms. The molecule has 6 heteroatoms. The fourth-order valence-corrected chi connectivity index (χ4v) is 2.48. The van der Waals surface area contributed by atoms with Gasteiger partial charge in [0, 0.05) is 11.6 Å². The van der Waals surface area contributed by atoms with E-state index >= 15 is 0 Å². The molecule has 5 nitrogen and oxygen atoms in total. The van der Waals surface area contributed by atoms with Gasteiger partial charge in [-0.3, -0.25) is 9.59 Å². The SMILES string of the molecule is Nc1cc(C(=O)NC2CCCC2C(=O)O)ccc1Cl. The molecule has 0 bridgehead atoms. The molecule has 2 unspecified atom stereocenters. The molecule has 1 aromatic carbocycles. The number of rotatable bonds is 3. The summed E-state index contributed by atoms with van der Waals surface area (Å²) in [6.45, 7) is 0. The summed E-state index contributed by atoms with van der Waals surface area (Å²) >= 11 is 5.79. The number of nitrogen functional groups attached to an aromatic ring is 1. The molecule has 1 aromatic rings. The zero-order valence-corrected chi connectivity index (χ0v) is 11.0. The summed E-state index contributed by atoms with van der Waals surface area (Å²) in [6, 6.07) is 4.29. The van der Waals surface area contributed by atoms with Gasteiger partial charge in [0.15, 0.2) is 0 Å². The number of benzene rings is 1. The zero-order valence-electron chi connectivity index (χ0n) is 10.2. The van der Waals surface area contributed by atoms with Crippen LogP contribution in [0, 0.1) is 5.92 Å². The second-order valence-electron chi connectivity index (χ2n) is 4.69. The van der Waals surface area contributed by atoms with E-state index in [1.54, 1.807) is 12.1 Å². The van der Waals surface area contributed by atoms with E-state index in [0.717, 1.165) is 6.42 Å². The van der Waals surface area contributed by atoms with Crippen LogP contribution in [0.3, 0.4) is 0 Å². The zero-order chi connectivity index (χ0) is 14.0. The molecule has 1 saturated carbocycles. The molecule has 4 N–H and O–H groups in total. The Morgan fingerprint density at radius 3 is 2.74 bits per heavy atom. The van der Waals surface area contributed by atoms with Crippen molar-refractivity contribution in [2.45, 2.75) is 25.3 Å². The highest BCUT2D eigenvalue weighted by molar-refractivity contribution is 6.33. The number of hydrogen-bond acceptors (Lipinski definition) is 3. The van der Waals surface area contributed by atoms with E-state index in [-0.39, 0.29) is 11.9 Å². The number of nitrogens with two attached hydrogens (primary N) is 1. The minimum atomic E-state index is -0.863. The first kappa shape index (κ1) is 13.7. The molecular formula is C13H15ClN2O3. The van der Waals surface area contributed by atoms with Gasteiger partial charge < -0.3 is 16.2 Å². The summed E-state index contributed by atoms with van der Waals surface area (Å²) in [5.41, 5.74) is 6.35. The fraction of sp³-hybridized carbons (Fsp3) is 0.385. The van der Waals surface area contributed by atoms with Gasteiger partial charge in [0.1, 0.15) is 0 Å². The van der Waals surface area contributed by atoms with Gasteiger partial charge in [-0.05, 0) is 31.0 Å². The molecule has 0 radical (unpaired) electrons. The van der Waals surface area contributed by atoms with Crippen molar-refractivity contribution in [2.24, 2.45) is 5.92 Å². The third kappa shape index (κ3) is 2.98. The summed E-state index contributed by atoms with van der Waals surface area (Å²) in [7, 11) is 0. The summed E-state index contributed by atoms with van der Waals surface area (Å²) < 4.78 is 0. The van der Waals surface area contributed by atoms with Crippen LogP contribution in [-0.2, 0) is 4.79 Å². The molecule has 1 fully saturated rings. The number of aliphatic carboxylic acids is 1. The first-order valence-corrected chi connectivity index (χ1v) is 6.45. The quantitative estimate of drug-likeness (QED) is 0.738. The van der Waals surface area contributed by atoms with Gasteiger partial charge in [-0.2, -0.15) is 0 Å². The smallest absolute Gasteiger partial charge is 0.308 e. The lowest BCUT2D eigenvalue weighted by Gasteiger charge is -2.17. The lowest BCUT2D eigenvalue weighted by Crippen LogP contribution is -2.40. The van der Waals surface area contributed by atoms with Gasteiger partial charge in [0.25, 0.3) is 5.91 Å². The molecule has 0 heterocycles. The van der Waals surface area contributed by atoms with Crippen molar-refractivity contribution in [1.82, 2.24) is 5.32 Å². The normalized spacial score (nSPS) is 22.2. The van der Waals surface area contributed by atoms with E-state index in [9.17, 15) is 9.59 Å². The Morgan fingerprint density at radius 2 is 2.11 bits per heavy atom. The first-order chi connectivity index (χ1) is 8.99. The van der Waals surface area contributed by atoms with Crippen molar-refractivity contribution in [1.29, 1.82) is 0 Å². The Morgan fingerprint density at radius 1 is 1.37 bits per heavy atom. The summed E-state index contributed by atoms with van der Waals surface area (Å²) in [4.78, 5) is 23.1. The van der Waals surface area contributed by atoms with E-state index in [4.69, 9.17) is 22.4 Å². The number of carboxylic acid groups (broad SMARTS) is 1. The van der Waals surface area contributed by atoms with E-state index in [1.165, 1.54) is 6.07 Å². The van der Waals surface area contributed by atoms with E-state index in [1.807, 2.05) is 0 Å². The van der Waals surface area contributed by atoms with Gasteiger partial charge in [-0.1, -0.05) is 18.0 Å². The molecular weight excluding hydrogens is 268 g/mol. The number of carboxylic acids is 1. The maximum atomic E-state index is 12.0. The number of amides is 1. The van der Waals surface area contributed by atoms with Gasteiger partial charge in [-0.15, -0.1) is 0 Å². The van der Waals surface area contributed by atoms with Crippen LogP contribution in [0.15, 0.2) is 18.2 Å². The van der Waals surface area contributed by atoms with Gasteiger partial charge >= 0.3 is 5.97 Å². The number of nitrogens with one attached hydrogen (secondary N) is 1. The van der Waals surface area contributed by atoms with E-state index in [0.29, 0.717) is 29.1 Å². The van der Waals surface area contributed by atoms with E-state index < -0.39 is 11.9 Å². The summed E-state index contributed by atoms with van der Waals surface area (Å²) in [5, 5.41) is 12.2. The first-order valence-electron chi connectivity index (χ1n) is 6.07. The van der Waals surface area contributed by atoms with Crippen LogP contribution in [0.5, 0.6) is 0 Å². The van der Waals surface area contributed by atoms with Crippen LogP contribution in [-0.4, -0.2) is 23.0 Å². The highest BCUT2D eigenvalue weighted by Crippen LogP contribution is 2.26. The van der Waals surface area contributed by atoms with Crippen molar-refractivity contribution in [3.8, 4) is 0 Å². The Labute approximate surface area is 115 Å². The fourth-order valence-electron chi connectivity index (χ4n) is 2.37. The molecule has 0 aromatic heterocycles. The molecule has 1 amide bonds. The molecule has 0 saturated heterocycles. The summed E-state index contributed by atoms with van der Waals surface area (Å²) in [6.07, 6.45) is 2.10. The van der Waals surface area contributed by atoms with Crippen molar-refractivity contribution < 1.29 is 14.7 Å². The Kier molecular flexibility index (Phi) is 3.95. The second-order valence-corrected chi connectivity index (χ2v) is 5.10. The minimum Gasteiger partial charge on any atom is -0.481 e. The number of anilines is 1. The maximum Gasteiger partial charge on any atom is 0.308 e. The summed E-state index contributed by atoms with van der Waals surface area (Å²) in [5.74, 6) is -1.69. The molecule has 1 aliphatic carbocycles. The highest BCUT2D eigenvalue weighted by atomic mass is 35.5. The van der Waals surface area contributed by atoms with Gasteiger partial charge in [-0.25, -0.2) is 0 Å². The predicted octanol–water partition coefficient (Wildman–Crippen LogP) is 1.91. The average molecular weight is 283 g/mol. The number of carbonyl (C=O) groups excluding carboxylic acids is 1. The molecule has 0 aliphatic heterocycles. The highest BCUT2D eigenvalue weighted by Gasteiger charge is 2.33. The molecule has 2 rings (SSSR count). The lowest BCUT2D eigenvalue weighted by atomic mass is 10.0. The standard InChI is InChI=1S/C13H15ClN2O3/c14-9-5-4-7(6-10(9)15)12(17)16-11-3-1-2-8(11)13(18)19/h4-6,8,11H,1-3,15H2,(H,16,17)(H,18,19). The Bertz CT molecular complexity index is 519. The van der Waals surface area contributed by atoms with Crippen LogP contribution in [0.4, 0.5) is 5.69 Å². The van der Waals surface area contributed by atoms with Gasteiger partial charge in [0.05, 0.1) is 16.6 Å².